The van der Waals surface area contributed by atoms with Crippen molar-refractivity contribution in [3.05, 3.63) is 18.1 Å². The molecule has 2 aliphatic carbocycles. The summed E-state index contributed by atoms with van der Waals surface area (Å²) in [6, 6.07) is 0.365. The number of H-pyrrole nitrogens is 1. The molecule has 106 valence electrons. The van der Waals surface area contributed by atoms with E-state index in [1.165, 1.54) is 5.56 Å². The van der Waals surface area contributed by atoms with E-state index < -0.39 is 6.17 Å². The quantitative estimate of drug-likeness (QED) is 0.904. The molecule has 2 aliphatic rings. The molecule has 0 aliphatic heterocycles. The molecule has 4 atom stereocenters. The third-order valence-electron chi connectivity index (χ3n) is 5.03. The van der Waals surface area contributed by atoms with Gasteiger partial charge in [0.2, 0.25) is 0 Å². The maximum absolute atomic E-state index is 13.6. The van der Waals surface area contributed by atoms with Crippen LogP contribution in [0.4, 0.5) is 10.2 Å². The van der Waals surface area contributed by atoms with Gasteiger partial charge < -0.3 is 10.3 Å². The molecule has 0 aromatic carbocycles. The van der Waals surface area contributed by atoms with Gasteiger partial charge in [-0.1, -0.05) is 6.92 Å². The number of aromatic amines is 1. The smallest absolute Gasteiger partial charge is 0.143 e. The maximum atomic E-state index is 13.6. The SMILES string of the molecule is CCc1c[nH]c2ncnc(NC3CC4CC3CC4F)c12. The Hall–Kier alpha value is -1.65. The number of nitrogens with zero attached hydrogens (tertiary/aromatic N) is 2. The van der Waals surface area contributed by atoms with Crippen molar-refractivity contribution in [3.63, 3.8) is 0 Å². The molecule has 2 heterocycles. The van der Waals surface area contributed by atoms with Crippen LogP contribution < -0.4 is 5.32 Å². The van der Waals surface area contributed by atoms with Crippen molar-refractivity contribution in [3.8, 4) is 0 Å². The van der Waals surface area contributed by atoms with Crippen LogP contribution >= 0.6 is 0 Å². The second-order valence-corrected chi connectivity index (χ2v) is 6.11. The number of fused-ring (bicyclic) bond motifs is 3. The van der Waals surface area contributed by atoms with Gasteiger partial charge in [-0.3, -0.25) is 0 Å². The average Bonchev–Trinajstić information content (AvgIpc) is 3.12. The highest BCUT2D eigenvalue weighted by atomic mass is 19.1. The summed E-state index contributed by atoms with van der Waals surface area (Å²) in [4.78, 5) is 11.9. The largest absolute Gasteiger partial charge is 0.366 e. The van der Waals surface area contributed by atoms with Gasteiger partial charge in [-0.2, -0.15) is 0 Å². The molecule has 2 aromatic heterocycles. The summed E-state index contributed by atoms with van der Waals surface area (Å²) in [6.45, 7) is 2.13. The molecule has 0 amide bonds. The van der Waals surface area contributed by atoms with Crippen LogP contribution in [0.25, 0.3) is 11.0 Å². The normalized spacial score (nSPS) is 32.1. The molecule has 2 fully saturated rings. The van der Waals surface area contributed by atoms with Crippen molar-refractivity contribution < 1.29 is 4.39 Å². The van der Waals surface area contributed by atoms with Crippen LogP contribution in [0, 0.1) is 11.8 Å². The molecular weight excluding hydrogens is 255 g/mol. The zero-order chi connectivity index (χ0) is 13.7. The molecule has 0 saturated heterocycles. The molecule has 2 N–H and O–H groups in total. The number of alkyl halides is 1. The Balaban J connectivity index is 1.65. The molecule has 2 aromatic rings. The second kappa shape index (κ2) is 4.43. The van der Waals surface area contributed by atoms with Crippen LogP contribution in [0.15, 0.2) is 12.5 Å². The van der Waals surface area contributed by atoms with Crippen molar-refractivity contribution in [2.75, 3.05) is 5.32 Å². The summed E-state index contributed by atoms with van der Waals surface area (Å²) in [6.07, 6.45) is 6.64. The van der Waals surface area contributed by atoms with Crippen LogP contribution in [0.2, 0.25) is 0 Å². The Morgan fingerprint density at radius 3 is 2.90 bits per heavy atom. The van der Waals surface area contributed by atoms with Gasteiger partial charge in [0.25, 0.3) is 0 Å². The maximum Gasteiger partial charge on any atom is 0.143 e. The Kier molecular flexibility index (Phi) is 2.69. The van der Waals surface area contributed by atoms with Crippen LogP contribution in [-0.2, 0) is 6.42 Å². The summed E-state index contributed by atoms with van der Waals surface area (Å²) >= 11 is 0. The van der Waals surface area contributed by atoms with E-state index in [1.54, 1.807) is 6.33 Å². The fourth-order valence-electron chi connectivity index (χ4n) is 3.97. The average molecular weight is 274 g/mol. The lowest BCUT2D eigenvalue weighted by molar-refractivity contribution is 0.223. The number of aromatic nitrogens is 3. The van der Waals surface area contributed by atoms with E-state index in [9.17, 15) is 4.39 Å². The van der Waals surface area contributed by atoms with Crippen molar-refractivity contribution in [2.45, 2.75) is 44.8 Å². The zero-order valence-electron chi connectivity index (χ0n) is 11.6. The third-order valence-corrected chi connectivity index (χ3v) is 5.03. The predicted molar refractivity (Wildman–Crippen MR) is 76.4 cm³/mol. The molecule has 4 nitrogen and oxygen atoms in total. The van der Waals surface area contributed by atoms with Gasteiger partial charge in [0, 0.05) is 12.2 Å². The highest BCUT2D eigenvalue weighted by Crippen LogP contribution is 2.47. The van der Waals surface area contributed by atoms with Crippen LogP contribution in [0.5, 0.6) is 0 Å². The number of rotatable bonds is 3. The molecule has 20 heavy (non-hydrogen) atoms. The first kappa shape index (κ1) is 12.1. The van der Waals surface area contributed by atoms with Gasteiger partial charge in [-0.15, -0.1) is 0 Å². The number of hydrogen-bond donors (Lipinski definition) is 2. The molecule has 2 saturated carbocycles. The molecule has 2 bridgehead atoms. The predicted octanol–water partition coefficient (Wildman–Crippen LogP) is 3.07. The lowest BCUT2D eigenvalue weighted by Gasteiger charge is -2.25. The summed E-state index contributed by atoms with van der Waals surface area (Å²) in [7, 11) is 0. The van der Waals surface area contributed by atoms with Gasteiger partial charge in [0.1, 0.15) is 24.0 Å². The van der Waals surface area contributed by atoms with E-state index in [1.807, 2.05) is 6.20 Å². The molecule has 0 radical (unpaired) electrons. The van der Waals surface area contributed by atoms with Gasteiger partial charge in [-0.25, -0.2) is 14.4 Å². The fourth-order valence-corrected chi connectivity index (χ4v) is 3.97. The molecule has 4 unspecified atom stereocenters. The lowest BCUT2D eigenvalue weighted by Crippen LogP contribution is -2.30. The third kappa shape index (κ3) is 1.72. The standard InChI is InChI=1S/C15H19FN4/c1-2-8-6-17-14-13(8)15(19-7-18-14)20-12-5-9-3-10(12)4-11(9)16/h6-7,9-12H,2-5H2,1H3,(H2,17,18,19,20). The lowest BCUT2D eigenvalue weighted by atomic mass is 9.94. The van der Waals surface area contributed by atoms with Crippen LogP contribution in [-0.4, -0.2) is 27.2 Å². The van der Waals surface area contributed by atoms with Crippen molar-refractivity contribution in [1.29, 1.82) is 0 Å². The van der Waals surface area contributed by atoms with Crippen LogP contribution in [0.1, 0.15) is 31.7 Å². The van der Waals surface area contributed by atoms with Crippen LogP contribution in [0.3, 0.4) is 0 Å². The van der Waals surface area contributed by atoms with E-state index in [2.05, 4.69) is 27.2 Å². The first-order valence-corrected chi connectivity index (χ1v) is 7.47. The molecule has 0 spiro atoms. The van der Waals surface area contributed by atoms with Gasteiger partial charge >= 0.3 is 0 Å². The summed E-state index contributed by atoms with van der Waals surface area (Å²) in [5, 5.41) is 4.65. The first-order chi connectivity index (χ1) is 9.76. The van der Waals surface area contributed by atoms with E-state index in [-0.39, 0.29) is 5.92 Å². The highest BCUT2D eigenvalue weighted by molar-refractivity contribution is 5.90. The summed E-state index contributed by atoms with van der Waals surface area (Å²) in [5.74, 6) is 1.62. The van der Waals surface area contributed by atoms with Gasteiger partial charge in [-0.05, 0) is 43.1 Å². The van der Waals surface area contributed by atoms with Gasteiger partial charge in [0.05, 0.1) is 5.39 Å². The highest BCUT2D eigenvalue weighted by Gasteiger charge is 2.46. The Bertz CT molecular complexity index is 636. The van der Waals surface area contributed by atoms with Crippen molar-refractivity contribution in [1.82, 2.24) is 15.0 Å². The van der Waals surface area contributed by atoms with Crippen molar-refractivity contribution in [2.24, 2.45) is 11.8 Å². The van der Waals surface area contributed by atoms with E-state index in [4.69, 9.17) is 0 Å². The monoisotopic (exact) mass is 274 g/mol. The number of hydrogen-bond acceptors (Lipinski definition) is 3. The van der Waals surface area contributed by atoms with E-state index in [0.717, 1.165) is 36.1 Å². The number of anilines is 1. The fraction of sp³-hybridized carbons (Fsp3) is 0.600. The molecule has 5 heteroatoms. The van der Waals surface area contributed by atoms with Crippen molar-refractivity contribution >= 4 is 16.9 Å². The number of aryl methyl sites for hydroxylation is 1. The van der Waals surface area contributed by atoms with Gasteiger partial charge in [0.15, 0.2) is 0 Å². The first-order valence-electron chi connectivity index (χ1n) is 7.47. The Morgan fingerprint density at radius 2 is 2.20 bits per heavy atom. The second-order valence-electron chi connectivity index (χ2n) is 6.11. The minimum absolute atomic E-state index is 0.256. The van der Waals surface area contributed by atoms with E-state index >= 15 is 0 Å². The number of nitrogens with one attached hydrogen (secondary N) is 2. The Morgan fingerprint density at radius 1 is 1.30 bits per heavy atom. The minimum atomic E-state index is -0.582. The summed E-state index contributed by atoms with van der Waals surface area (Å²) in [5.41, 5.74) is 2.11. The zero-order valence-corrected chi connectivity index (χ0v) is 11.6. The number of halogens is 1. The summed E-state index contributed by atoms with van der Waals surface area (Å²) < 4.78 is 13.6. The minimum Gasteiger partial charge on any atom is -0.366 e. The topological polar surface area (TPSA) is 53.6 Å². The molecule has 4 rings (SSSR count). The molecular formula is C15H19FN4. The Labute approximate surface area is 117 Å². The van der Waals surface area contributed by atoms with E-state index in [0.29, 0.717) is 18.4 Å².